The van der Waals surface area contributed by atoms with Crippen LogP contribution in [0.4, 0.5) is 34.1 Å². The molecule has 9 aromatic carbocycles. The lowest BCUT2D eigenvalue weighted by Gasteiger charge is -2.29. The maximum atomic E-state index is 7.20. The normalized spacial score (nSPS) is 14.1. The molecule has 0 spiro atoms. The van der Waals surface area contributed by atoms with Gasteiger partial charge in [-0.15, -0.1) is 0 Å². The van der Waals surface area contributed by atoms with E-state index in [9.17, 15) is 0 Å². The fourth-order valence-electron chi connectivity index (χ4n) is 11.6. The third-order valence-electron chi connectivity index (χ3n) is 15.3. The number of aryl methyl sites for hydroxylation is 4. The van der Waals surface area contributed by atoms with Crippen LogP contribution in [0, 0.1) is 27.7 Å². The van der Waals surface area contributed by atoms with Crippen LogP contribution in [-0.4, -0.2) is 16.1 Å². The molecule has 13 rings (SSSR count). The van der Waals surface area contributed by atoms with Crippen LogP contribution in [0.15, 0.2) is 179 Å². The van der Waals surface area contributed by atoms with Crippen molar-refractivity contribution in [1.29, 1.82) is 0 Å². The molecule has 2 aliphatic heterocycles. The highest BCUT2D eigenvalue weighted by molar-refractivity contribution is 7.06. The maximum absolute atomic E-state index is 7.20. The van der Waals surface area contributed by atoms with Gasteiger partial charge in [-0.25, -0.2) is 0 Å². The van der Waals surface area contributed by atoms with Crippen molar-refractivity contribution in [3.8, 4) is 22.3 Å². The molecule has 0 N–H and O–H groups in total. The van der Waals surface area contributed by atoms with Crippen molar-refractivity contribution in [2.75, 3.05) is 9.80 Å². The lowest BCUT2D eigenvalue weighted by Crippen LogP contribution is -2.51. The Morgan fingerprint density at radius 2 is 0.662 bits per heavy atom. The molecule has 6 heteroatoms. The summed E-state index contributed by atoms with van der Waals surface area (Å²) in [5, 5.41) is 10.3. The third kappa shape index (κ3) is 5.83. The van der Waals surface area contributed by atoms with E-state index in [0.29, 0.717) is 0 Å². The van der Waals surface area contributed by atoms with Gasteiger partial charge >= 0.3 is 0 Å². The van der Waals surface area contributed by atoms with E-state index in [1.54, 1.807) is 0 Å². The number of furan rings is 2. The summed E-state index contributed by atoms with van der Waals surface area (Å²) in [5.74, 6) is 0. The van der Waals surface area contributed by atoms with Gasteiger partial charge in [0, 0.05) is 44.6 Å². The second-order valence-electron chi connectivity index (χ2n) is 20.4. The van der Waals surface area contributed by atoms with Crippen molar-refractivity contribution in [1.82, 2.24) is 0 Å². The quantitative estimate of drug-likeness (QED) is 0.156. The van der Waals surface area contributed by atoms with Crippen LogP contribution in [0.3, 0.4) is 0 Å². The van der Waals surface area contributed by atoms with E-state index in [0.717, 1.165) is 78.0 Å². The number of benzene rings is 9. The van der Waals surface area contributed by atoms with Gasteiger partial charge in [0.15, 0.2) is 0 Å². The first kappa shape index (κ1) is 40.9. The molecule has 0 unspecified atom stereocenters. The van der Waals surface area contributed by atoms with E-state index in [-0.39, 0.29) is 0 Å². The molecular weight excluding hydrogens is 861 g/mol. The Hall–Kier alpha value is -7.39. The summed E-state index contributed by atoms with van der Waals surface area (Å²) in [6.07, 6.45) is 0. The summed E-state index contributed by atoms with van der Waals surface area (Å²) in [5.41, 5.74) is 20.7. The highest BCUT2D eigenvalue weighted by Gasteiger charge is 2.47. The monoisotopic (exact) mass is 912 g/mol. The minimum Gasteiger partial charge on any atom is -0.455 e. The second-order valence-corrected chi connectivity index (χ2v) is 29.1. The van der Waals surface area contributed by atoms with Gasteiger partial charge in [-0.3, -0.25) is 0 Å². The topological polar surface area (TPSA) is 32.8 Å². The summed E-state index contributed by atoms with van der Waals surface area (Å²) in [4.78, 5) is 4.91. The van der Waals surface area contributed by atoms with E-state index in [4.69, 9.17) is 8.83 Å². The first-order valence-electron chi connectivity index (χ1n) is 23.9. The van der Waals surface area contributed by atoms with Crippen LogP contribution in [0.25, 0.3) is 66.1 Å². The molecule has 2 aliphatic rings. The molecule has 68 heavy (non-hydrogen) atoms. The largest absolute Gasteiger partial charge is 0.455 e. The zero-order valence-electron chi connectivity index (χ0n) is 39.9. The predicted molar refractivity (Wildman–Crippen MR) is 294 cm³/mol. The SMILES string of the molecule is Cc1ccc(N(c2ccc(C)cc2)c2cc3c(c4oc5ccccc5c24)-c2cc4c(cc2[Si]3(C)C)-c2c(cc(N(c3ccc(C)cc3)c3ccc(C)cc3)c3c2oc2ccccc23)[Si]4(C)C)cc1. The number of hydrogen-bond acceptors (Lipinski definition) is 4. The summed E-state index contributed by atoms with van der Waals surface area (Å²) in [6.45, 7) is 18.8. The van der Waals surface area contributed by atoms with Crippen LogP contribution in [-0.2, 0) is 0 Å². The van der Waals surface area contributed by atoms with Crippen molar-refractivity contribution in [2.45, 2.75) is 53.9 Å². The summed E-state index contributed by atoms with van der Waals surface area (Å²) in [7, 11) is -4.78. The Balaban J connectivity index is 1.08. The molecular formula is C62H52N2O2Si2. The maximum Gasteiger partial charge on any atom is 0.145 e. The van der Waals surface area contributed by atoms with Gasteiger partial charge in [-0.2, -0.15) is 0 Å². The third-order valence-corrected chi connectivity index (χ3v) is 22.3. The lowest BCUT2D eigenvalue weighted by atomic mass is 9.96. The molecule has 0 amide bonds. The van der Waals surface area contributed by atoms with Crippen molar-refractivity contribution >= 4 is 115 Å². The number of hydrogen-bond donors (Lipinski definition) is 0. The average molecular weight is 913 g/mol. The number of rotatable bonds is 6. The van der Waals surface area contributed by atoms with Gasteiger partial charge in [0.2, 0.25) is 0 Å². The fourth-order valence-corrected chi connectivity index (χ4v) is 17.7. The molecule has 0 saturated heterocycles. The zero-order valence-corrected chi connectivity index (χ0v) is 41.9. The molecule has 330 valence electrons. The summed E-state index contributed by atoms with van der Waals surface area (Å²) in [6, 6.07) is 63.3. The number of fused-ring (bicyclic) bond motifs is 14. The van der Waals surface area contributed by atoms with E-state index in [2.05, 4.69) is 234 Å². The molecule has 0 fully saturated rings. The smallest absolute Gasteiger partial charge is 0.145 e. The molecule has 0 aliphatic carbocycles. The van der Waals surface area contributed by atoms with Crippen molar-refractivity contribution in [2.24, 2.45) is 0 Å². The Morgan fingerprint density at radius 1 is 0.353 bits per heavy atom. The Labute approximate surface area is 399 Å². The number of para-hydroxylation sites is 2. The Bertz CT molecular complexity index is 3530. The number of anilines is 6. The van der Waals surface area contributed by atoms with Crippen LogP contribution < -0.4 is 30.5 Å². The molecule has 0 radical (unpaired) electrons. The van der Waals surface area contributed by atoms with Gasteiger partial charge in [0.05, 0.1) is 22.1 Å². The van der Waals surface area contributed by atoms with E-state index >= 15 is 0 Å². The first-order chi connectivity index (χ1) is 32.9. The minimum absolute atomic E-state index is 0.910. The molecule has 11 aromatic rings. The zero-order chi connectivity index (χ0) is 46.4. The molecule has 0 bridgehead atoms. The van der Waals surface area contributed by atoms with Gasteiger partial charge in [-0.05, 0) is 132 Å². The van der Waals surface area contributed by atoms with Crippen LogP contribution >= 0.6 is 0 Å². The molecule has 2 aromatic heterocycles. The Morgan fingerprint density at radius 3 is 0.985 bits per heavy atom. The van der Waals surface area contributed by atoms with Gasteiger partial charge in [-0.1, -0.05) is 146 Å². The first-order valence-corrected chi connectivity index (χ1v) is 29.9. The second kappa shape index (κ2) is 14.6. The Kier molecular flexibility index (Phi) is 8.75. The van der Waals surface area contributed by atoms with E-state index in [1.807, 2.05) is 0 Å². The number of nitrogens with zero attached hydrogens (tertiary/aromatic N) is 2. The van der Waals surface area contributed by atoms with Crippen LogP contribution in [0.1, 0.15) is 22.3 Å². The van der Waals surface area contributed by atoms with E-state index < -0.39 is 16.1 Å². The summed E-state index contributed by atoms with van der Waals surface area (Å²) >= 11 is 0. The highest BCUT2D eigenvalue weighted by atomic mass is 28.3. The molecule has 4 heterocycles. The molecule has 0 saturated carbocycles. The van der Waals surface area contributed by atoms with Crippen molar-refractivity contribution < 1.29 is 8.83 Å². The van der Waals surface area contributed by atoms with Crippen LogP contribution in [0.2, 0.25) is 26.2 Å². The molecule has 0 atom stereocenters. The van der Waals surface area contributed by atoms with Gasteiger partial charge in [0.1, 0.15) is 38.5 Å². The van der Waals surface area contributed by atoms with Crippen LogP contribution in [0.5, 0.6) is 0 Å². The van der Waals surface area contributed by atoms with Crippen molar-refractivity contribution in [3.63, 3.8) is 0 Å². The fraction of sp³-hybridized carbons (Fsp3) is 0.129. The van der Waals surface area contributed by atoms with Crippen molar-refractivity contribution in [3.05, 3.63) is 192 Å². The standard InChI is InChI=1S/C62H52N2O2Si2/c1-37-17-25-41(26-18-37)63(42-27-19-38(2)20-28-42)49-35-55-59(61-57(49)45-13-9-11-15-51(45)65-61)47-33-54-48(34-53(47)67(55,5)6)60-56(68(54,7)8)36-50(58-46-14-10-12-16-52(46)66-62(58)60)64(43-29-21-39(3)22-30-43)44-31-23-40(4)24-32-44/h9-36H,1-8H3. The predicted octanol–water partition coefficient (Wildman–Crippen LogP) is 15.3. The molecule has 4 nitrogen and oxygen atoms in total. The lowest BCUT2D eigenvalue weighted by molar-refractivity contribution is 0.670. The average Bonchev–Trinajstić information content (AvgIpc) is 4.04. The van der Waals surface area contributed by atoms with Gasteiger partial charge in [0.25, 0.3) is 0 Å². The van der Waals surface area contributed by atoms with E-state index in [1.165, 1.54) is 65.3 Å². The minimum atomic E-state index is -2.39. The highest BCUT2D eigenvalue weighted by Crippen LogP contribution is 2.51. The summed E-state index contributed by atoms with van der Waals surface area (Å²) < 4.78 is 14.4. The van der Waals surface area contributed by atoms with Gasteiger partial charge < -0.3 is 18.6 Å².